The summed E-state index contributed by atoms with van der Waals surface area (Å²) in [4.78, 5) is 26.7. The number of hydrogen-bond acceptors (Lipinski definition) is 3. The minimum atomic E-state index is -0.412. The van der Waals surface area contributed by atoms with Gasteiger partial charge in [-0.3, -0.25) is 9.59 Å². The molecule has 132 valence electrons. The van der Waals surface area contributed by atoms with E-state index in [9.17, 15) is 14.0 Å². The van der Waals surface area contributed by atoms with Crippen LogP contribution in [0.25, 0.3) is 11.3 Å². The van der Waals surface area contributed by atoms with Gasteiger partial charge in [0.15, 0.2) is 0 Å². The molecule has 0 bridgehead atoms. The van der Waals surface area contributed by atoms with E-state index in [1.807, 2.05) is 18.7 Å². The molecule has 0 aliphatic carbocycles. The van der Waals surface area contributed by atoms with E-state index in [0.29, 0.717) is 11.3 Å². The number of nitrogens with zero attached hydrogens (tertiary/aromatic N) is 3. The minimum Gasteiger partial charge on any atom is -0.336 e. The molecule has 1 aliphatic heterocycles. The summed E-state index contributed by atoms with van der Waals surface area (Å²) in [6.07, 6.45) is 3.04. The second kappa shape index (κ2) is 7.17. The first kappa shape index (κ1) is 17.3. The molecule has 0 radical (unpaired) electrons. The molecular weight excluding hydrogens is 321 g/mol. The molecular formula is C19H22FN3O2. The Balaban J connectivity index is 1.88. The Morgan fingerprint density at radius 1 is 1.16 bits per heavy atom. The summed E-state index contributed by atoms with van der Waals surface area (Å²) in [6, 6.07) is 9.36. The Kier molecular flexibility index (Phi) is 4.97. The standard InChI is InChI=1S/C19H22FN3O2/c1-13-6-5-7-14(2)23(13)19(25)12-22-18(24)11-10-17(21-22)15-8-3-4-9-16(15)20/h3-4,8-11,13-14H,5-7,12H2,1-2H3. The molecule has 1 saturated heterocycles. The molecule has 0 N–H and O–H groups in total. The zero-order valence-corrected chi connectivity index (χ0v) is 14.5. The van der Waals surface area contributed by atoms with Gasteiger partial charge < -0.3 is 4.90 Å². The molecule has 2 atom stereocenters. The quantitative estimate of drug-likeness (QED) is 0.861. The van der Waals surface area contributed by atoms with Crippen molar-refractivity contribution in [3.8, 4) is 11.3 Å². The summed E-state index contributed by atoms with van der Waals surface area (Å²) >= 11 is 0. The van der Waals surface area contributed by atoms with E-state index in [1.54, 1.807) is 18.2 Å². The fraction of sp³-hybridized carbons (Fsp3) is 0.421. The number of likely N-dealkylation sites (tertiary alicyclic amines) is 1. The van der Waals surface area contributed by atoms with Crippen molar-refractivity contribution in [2.45, 2.75) is 51.7 Å². The fourth-order valence-corrected chi connectivity index (χ4v) is 3.50. The van der Waals surface area contributed by atoms with Gasteiger partial charge in [-0.25, -0.2) is 9.07 Å². The van der Waals surface area contributed by atoms with Crippen molar-refractivity contribution in [1.82, 2.24) is 14.7 Å². The number of carbonyl (C=O) groups excluding carboxylic acids is 1. The minimum absolute atomic E-state index is 0.125. The first-order chi connectivity index (χ1) is 12.0. The van der Waals surface area contributed by atoms with Crippen LogP contribution >= 0.6 is 0 Å². The average Bonchev–Trinajstić information content (AvgIpc) is 2.57. The zero-order chi connectivity index (χ0) is 18.0. The summed E-state index contributed by atoms with van der Waals surface area (Å²) in [6.45, 7) is 3.93. The maximum absolute atomic E-state index is 14.0. The predicted octanol–water partition coefficient (Wildman–Crippen LogP) is 2.84. The van der Waals surface area contributed by atoms with Crippen LogP contribution in [0.3, 0.4) is 0 Å². The topological polar surface area (TPSA) is 55.2 Å². The molecule has 2 aromatic rings. The summed E-state index contributed by atoms with van der Waals surface area (Å²) < 4.78 is 15.1. The average molecular weight is 343 g/mol. The number of aromatic nitrogens is 2. The van der Waals surface area contributed by atoms with Gasteiger partial charge in [0.1, 0.15) is 12.4 Å². The van der Waals surface area contributed by atoms with E-state index in [4.69, 9.17) is 0 Å². The lowest BCUT2D eigenvalue weighted by molar-refractivity contribution is -0.138. The number of hydrogen-bond donors (Lipinski definition) is 0. The second-order valence-electron chi connectivity index (χ2n) is 6.62. The second-order valence-corrected chi connectivity index (χ2v) is 6.62. The molecule has 25 heavy (non-hydrogen) atoms. The monoisotopic (exact) mass is 343 g/mol. The van der Waals surface area contributed by atoms with Crippen molar-refractivity contribution in [3.63, 3.8) is 0 Å². The molecule has 2 unspecified atom stereocenters. The number of amides is 1. The number of rotatable bonds is 3. The Hall–Kier alpha value is -2.50. The van der Waals surface area contributed by atoms with Crippen LogP contribution in [-0.4, -0.2) is 32.7 Å². The largest absolute Gasteiger partial charge is 0.336 e. The highest BCUT2D eigenvalue weighted by molar-refractivity contribution is 5.76. The summed E-state index contributed by atoms with van der Waals surface area (Å²) in [5.74, 6) is -0.537. The van der Waals surface area contributed by atoms with Gasteiger partial charge in [-0.1, -0.05) is 12.1 Å². The van der Waals surface area contributed by atoms with Crippen LogP contribution in [0.15, 0.2) is 41.2 Å². The van der Waals surface area contributed by atoms with Crippen LogP contribution in [0.1, 0.15) is 33.1 Å². The molecule has 0 saturated carbocycles. The number of carbonyl (C=O) groups is 1. The van der Waals surface area contributed by atoms with E-state index in [2.05, 4.69) is 5.10 Å². The first-order valence-corrected chi connectivity index (χ1v) is 8.61. The number of piperidine rings is 1. The van der Waals surface area contributed by atoms with Crippen molar-refractivity contribution >= 4 is 5.91 Å². The van der Waals surface area contributed by atoms with Gasteiger partial charge in [0.2, 0.25) is 5.91 Å². The Bertz CT molecular complexity index is 823. The molecule has 1 amide bonds. The summed E-state index contributed by atoms with van der Waals surface area (Å²) in [7, 11) is 0. The predicted molar refractivity (Wildman–Crippen MR) is 93.5 cm³/mol. The SMILES string of the molecule is CC1CCCC(C)N1C(=O)Cn1nc(-c2ccccc2F)ccc1=O. The van der Waals surface area contributed by atoms with E-state index in [0.717, 1.165) is 23.9 Å². The molecule has 1 aliphatic rings. The summed E-state index contributed by atoms with van der Waals surface area (Å²) in [5, 5.41) is 4.20. The highest BCUT2D eigenvalue weighted by Crippen LogP contribution is 2.23. The summed E-state index contributed by atoms with van der Waals surface area (Å²) in [5.41, 5.74) is 0.277. The molecule has 1 fully saturated rings. The van der Waals surface area contributed by atoms with Crippen molar-refractivity contribution in [1.29, 1.82) is 0 Å². The third-order valence-electron chi connectivity index (χ3n) is 4.78. The van der Waals surface area contributed by atoms with Crippen molar-refractivity contribution in [2.24, 2.45) is 0 Å². The maximum Gasteiger partial charge on any atom is 0.267 e. The first-order valence-electron chi connectivity index (χ1n) is 8.61. The van der Waals surface area contributed by atoms with Gasteiger partial charge in [0.05, 0.1) is 5.69 Å². The molecule has 3 rings (SSSR count). The van der Waals surface area contributed by atoms with Crippen LogP contribution in [0.5, 0.6) is 0 Å². The fourth-order valence-electron chi connectivity index (χ4n) is 3.50. The maximum atomic E-state index is 14.0. The van der Waals surface area contributed by atoms with Gasteiger partial charge in [0, 0.05) is 23.7 Å². The normalized spacial score (nSPS) is 20.5. The van der Waals surface area contributed by atoms with Gasteiger partial charge in [0.25, 0.3) is 5.56 Å². The molecule has 0 spiro atoms. The smallest absolute Gasteiger partial charge is 0.267 e. The van der Waals surface area contributed by atoms with Crippen LogP contribution in [0.2, 0.25) is 0 Å². The van der Waals surface area contributed by atoms with E-state index >= 15 is 0 Å². The molecule has 6 heteroatoms. The Morgan fingerprint density at radius 2 is 1.84 bits per heavy atom. The third kappa shape index (κ3) is 3.62. The molecule has 1 aromatic carbocycles. The van der Waals surface area contributed by atoms with Crippen LogP contribution in [-0.2, 0) is 11.3 Å². The van der Waals surface area contributed by atoms with Gasteiger partial charge >= 0.3 is 0 Å². The van der Waals surface area contributed by atoms with Gasteiger partial charge in [-0.2, -0.15) is 5.10 Å². The van der Waals surface area contributed by atoms with E-state index < -0.39 is 5.82 Å². The van der Waals surface area contributed by atoms with Crippen molar-refractivity contribution in [3.05, 3.63) is 52.6 Å². The Morgan fingerprint density at radius 3 is 2.52 bits per heavy atom. The highest BCUT2D eigenvalue weighted by Gasteiger charge is 2.29. The van der Waals surface area contributed by atoms with E-state index in [1.165, 1.54) is 18.2 Å². The lowest BCUT2D eigenvalue weighted by atomic mass is 9.97. The van der Waals surface area contributed by atoms with Crippen LogP contribution in [0.4, 0.5) is 4.39 Å². The molecule has 5 nitrogen and oxygen atoms in total. The lowest BCUT2D eigenvalue weighted by Crippen LogP contribution is -2.49. The van der Waals surface area contributed by atoms with Gasteiger partial charge in [-0.05, 0) is 51.3 Å². The molecule has 2 heterocycles. The van der Waals surface area contributed by atoms with Crippen LogP contribution in [0, 0.1) is 5.82 Å². The highest BCUT2D eigenvalue weighted by atomic mass is 19.1. The third-order valence-corrected chi connectivity index (χ3v) is 4.78. The lowest BCUT2D eigenvalue weighted by Gasteiger charge is -2.39. The number of halogens is 1. The van der Waals surface area contributed by atoms with E-state index in [-0.39, 0.29) is 30.1 Å². The van der Waals surface area contributed by atoms with Gasteiger partial charge in [-0.15, -0.1) is 0 Å². The molecule has 1 aromatic heterocycles. The van der Waals surface area contributed by atoms with Crippen LogP contribution < -0.4 is 5.56 Å². The zero-order valence-electron chi connectivity index (χ0n) is 14.5. The van der Waals surface area contributed by atoms with Crippen molar-refractivity contribution in [2.75, 3.05) is 0 Å². The van der Waals surface area contributed by atoms with Crippen molar-refractivity contribution < 1.29 is 9.18 Å². The number of benzene rings is 1. The Labute approximate surface area is 146 Å².